The third-order valence-corrected chi connectivity index (χ3v) is 2.62. The Morgan fingerprint density at radius 2 is 2.56 bits per heavy atom. The summed E-state index contributed by atoms with van der Waals surface area (Å²) in [6, 6.07) is 3.71. The summed E-state index contributed by atoms with van der Waals surface area (Å²) >= 11 is 0. The summed E-state index contributed by atoms with van der Waals surface area (Å²) < 4.78 is 10.4. The van der Waals surface area contributed by atoms with Crippen LogP contribution in [-0.2, 0) is 11.3 Å². The van der Waals surface area contributed by atoms with E-state index in [1.54, 1.807) is 17.2 Å². The maximum Gasteiger partial charge on any atom is 0.318 e. The Balaban J connectivity index is 1.83. The van der Waals surface area contributed by atoms with E-state index in [4.69, 9.17) is 9.15 Å². The molecule has 88 valence electrons. The molecule has 5 nitrogen and oxygen atoms in total. The monoisotopic (exact) mass is 224 g/mol. The highest BCUT2D eigenvalue weighted by atomic mass is 16.5. The van der Waals surface area contributed by atoms with Gasteiger partial charge in [0.1, 0.15) is 5.76 Å². The fourth-order valence-corrected chi connectivity index (χ4v) is 1.71. The molecule has 1 aromatic heterocycles. The van der Waals surface area contributed by atoms with Crippen molar-refractivity contribution in [3.05, 3.63) is 24.2 Å². The van der Waals surface area contributed by atoms with E-state index in [1.165, 1.54) is 0 Å². The van der Waals surface area contributed by atoms with E-state index in [-0.39, 0.29) is 12.1 Å². The van der Waals surface area contributed by atoms with Crippen LogP contribution in [0.3, 0.4) is 0 Å². The van der Waals surface area contributed by atoms with Crippen LogP contribution in [0.2, 0.25) is 0 Å². The number of carbonyl (C=O) groups is 1. The molecule has 1 saturated heterocycles. The number of morpholine rings is 1. The molecule has 0 spiro atoms. The average molecular weight is 224 g/mol. The smallest absolute Gasteiger partial charge is 0.318 e. The number of amides is 2. The van der Waals surface area contributed by atoms with E-state index in [2.05, 4.69) is 5.32 Å². The molecule has 2 amide bonds. The highest BCUT2D eigenvalue weighted by Crippen LogP contribution is 2.06. The second-order valence-corrected chi connectivity index (χ2v) is 3.86. The lowest BCUT2D eigenvalue weighted by Gasteiger charge is -2.33. The number of ether oxygens (including phenoxy) is 1. The van der Waals surface area contributed by atoms with Gasteiger partial charge in [0.05, 0.1) is 32.1 Å². The fraction of sp³-hybridized carbons (Fsp3) is 0.545. The summed E-state index contributed by atoms with van der Waals surface area (Å²) in [4.78, 5) is 13.6. The number of hydrogen-bond donors (Lipinski definition) is 1. The molecular weight excluding hydrogens is 208 g/mol. The van der Waals surface area contributed by atoms with E-state index < -0.39 is 0 Å². The Hall–Kier alpha value is -1.49. The van der Waals surface area contributed by atoms with Crippen molar-refractivity contribution in [3.8, 4) is 0 Å². The number of hydrogen-bond acceptors (Lipinski definition) is 3. The predicted octanol–water partition coefficient (Wildman–Crippen LogP) is 1.21. The van der Waals surface area contributed by atoms with E-state index in [0.717, 1.165) is 5.76 Å². The first-order valence-corrected chi connectivity index (χ1v) is 5.42. The summed E-state index contributed by atoms with van der Waals surface area (Å²) in [5, 5.41) is 2.82. The summed E-state index contributed by atoms with van der Waals surface area (Å²) in [7, 11) is 0. The van der Waals surface area contributed by atoms with E-state index >= 15 is 0 Å². The minimum absolute atomic E-state index is 0.0628. The topological polar surface area (TPSA) is 54.7 Å². The van der Waals surface area contributed by atoms with E-state index in [0.29, 0.717) is 26.3 Å². The van der Waals surface area contributed by atoms with Crippen LogP contribution >= 0.6 is 0 Å². The third-order valence-electron chi connectivity index (χ3n) is 2.62. The SMILES string of the molecule is C[C@@H]1COCCN1C(=O)NCc1ccco1. The first kappa shape index (κ1) is 11.0. The number of rotatable bonds is 2. The van der Waals surface area contributed by atoms with Crippen LogP contribution in [0.4, 0.5) is 4.79 Å². The molecule has 1 atom stereocenters. The molecule has 1 aromatic rings. The zero-order valence-corrected chi connectivity index (χ0v) is 9.31. The average Bonchev–Trinajstić information content (AvgIpc) is 2.79. The van der Waals surface area contributed by atoms with Gasteiger partial charge in [0.15, 0.2) is 0 Å². The van der Waals surface area contributed by atoms with Crippen molar-refractivity contribution in [3.63, 3.8) is 0 Å². The Morgan fingerprint density at radius 1 is 1.69 bits per heavy atom. The van der Waals surface area contributed by atoms with Crippen LogP contribution < -0.4 is 5.32 Å². The van der Waals surface area contributed by atoms with Crippen molar-refractivity contribution in [1.82, 2.24) is 10.2 Å². The summed E-state index contributed by atoms with van der Waals surface area (Å²) in [6.45, 7) is 4.26. The van der Waals surface area contributed by atoms with Crippen molar-refractivity contribution < 1.29 is 13.9 Å². The molecule has 0 unspecified atom stereocenters. The van der Waals surface area contributed by atoms with Crippen molar-refractivity contribution >= 4 is 6.03 Å². The number of furan rings is 1. The van der Waals surface area contributed by atoms with Crippen molar-refractivity contribution in [2.24, 2.45) is 0 Å². The maximum atomic E-state index is 11.8. The molecule has 0 bridgehead atoms. The highest BCUT2D eigenvalue weighted by Gasteiger charge is 2.23. The quantitative estimate of drug-likeness (QED) is 0.821. The van der Waals surface area contributed by atoms with Crippen LogP contribution in [-0.4, -0.2) is 36.7 Å². The number of nitrogens with one attached hydrogen (secondary N) is 1. The molecule has 0 aromatic carbocycles. The maximum absolute atomic E-state index is 11.8. The molecule has 1 aliphatic rings. The molecule has 2 heterocycles. The lowest BCUT2D eigenvalue weighted by Crippen LogP contribution is -2.51. The fourth-order valence-electron chi connectivity index (χ4n) is 1.71. The van der Waals surface area contributed by atoms with Crippen molar-refractivity contribution in [2.45, 2.75) is 19.5 Å². The molecule has 1 N–H and O–H groups in total. The zero-order chi connectivity index (χ0) is 11.4. The Kier molecular flexibility index (Phi) is 3.46. The minimum atomic E-state index is -0.0628. The molecule has 2 rings (SSSR count). The van der Waals surface area contributed by atoms with Crippen LogP contribution in [0, 0.1) is 0 Å². The van der Waals surface area contributed by atoms with Gasteiger partial charge >= 0.3 is 6.03 Å². The lowest BCUT2D eigenvalue weighted by atomic mass is 10.3. The van der Waals surface area contributed by atoms with Crippen LogP contribution in [0.25, 0.3) is 0 Å². The Morgan fingerprint density at radius 3 is 3.25 bits per heavy atom. The summed E-state index contributed by atoms with van der Waals surface area (Å²) in [5.41, 5.74) is 0. The molecule has 0 aliphatic carbocycles. The van der Waals surface area contributed by atoms with Gasteiger partial charge in [0.25, 0.3) is 0 Å². The van der Waals surface area contributed by atoms with Gasteiger partial charge in [-0.25, -0.2) is 4.79 Å². The standard InChI is InChI=1S/C11H16N2O3/c1-9-8-15-6-4-13(9)11(14)12-7-10-3-2-5-16-10/h2-3,5,9H,4,6-8H2,1H3,(H,12,14)/t9-/m1/s1. The number of carbonyl (C=O) groups excluding carboxylic acids is 1. The van der Waals surface area contributed by atoms with Crippen LogP contribution in [0.15, 0.2) is 22.8 Å². The Labute approximate surface area is 94.4 Å². The van der Waals surface area contributed by atoms with Gasteiger partial charge in [-0.05, 0) is 19.1 Å². The molecule has 0 saturated carbocycles. The Bertz CT molecular complexity index is 337. The second-order valence-electron chi connectivity index (χ2n) is 3.86. The van der Waals surface area contributed by atoms with Gasteiger partial charge in [0, 0.05) is 6.54 Å². The molecule has 1 aliphatic heterocycles. The largest absolute Gasteiger partial charge is 0.467 e. The van der Waals surface area contributed by atoms with Gasteiger partial charge in [-0.1, -0.05) is 0 Å². The van der Waals surface area contributed by atoms with Gasteiger partial charge in [-0.3, -0.25) is 0 Å². The molecule has 16 heavy (non-hydrogen) atoms. The molecule has 1 fully saturated rings. The predicted molar refractivity (Wildman–Crippen MR) is 57.9 cm³/mol. The summed E-state index contributed by atoms with van der Waals surface area (Å²) in [6.07, 6.45) is 1.60. The first-order valence-electron chi connectivity index (χ1n) is 5.42. The van der Waals surface area contributed by atoms with Crippen molar-refractivity contribution in [2.75, 3.05) is 19.8 Å². The second kappa shape index (κ2) is 5.03. The van der Waals surface area contributed by atoms with Gasteiger partial charge in [-0.15, -0.1) is 0 Å². The van der Waals surface area contributed by atoms with Gasteiger partial charge < -0.3 is 19.4 Å². The summed E-state index contributed by atoms with van der Waals surface area (Å²) in [5.74, 6) is 0.759. The molecular formula is C11H16N2O3. The third kappa shape index (κ3) is 2.55. The van der Waals surface area contributed by atoms with Crippen LogP contribution in [0.5, 0.6) is 0 Å². The minimum Gasteiger partial charge on any atom is -0.467 e. The highest BCUT2D eigenvalue weighted by molar-refractivity contribution is 5.74. The number of nitrogens with zero attached hydrogens (tertiary/aromatic N) is 1. The van der Waals surface area contributed by atoms with E-state index in [1.807, 2.05) is 13.0 Å². The van der Waals surface area contributed by atoms with Crippen LogP contribution in [0.1, 0.15) is 12.7 Å². The molecule has 0 radical (unpaired) electrons. The van der Waals surface area contributed by atoms with E-state index in [9.17, 15) is 4.79 Å². The van der Waals surface area contributed by atoms with Gasteiger partial charge in [0.2, 0.25) is 0 Å². The first-order chi connectivity index (χ1) is 7.77. The lowest BCUT2D eigenvalue weighted by molar-refractivity contribution is 0.0189. The van der Waals surface area contributed by atoms with Gasteiger partial charge in [-0.2, -0.15) is 0 Å². The van der Waals surface area contributed by atoms with Crippen molar-refractivity contribution in [1.29, 1.82) is 0 Å². The number of urea groups is 1. The molecule has 5 heteroatoms. The zero-order valence-electron chi connectivity index (χ0n) is 9.31. The normalized spacial score (nSPS) is 20.8.